The number of hydrogen-bond donors (Lipinski definition) is 0. The van der Waals surface area contributed by atoms with Crippen LogP contribution in [0.4, 0.5) is 0 Å². The molecule has 0 aliphatic heterocycles. The molecule has 0 saturated carbocycles. The Morgan fingerprint density at radius 2 is 0.514 bits per heavy atom. The van der Waals surface area contributed by atoms with Crippen LogP contribution in [0.1, 0.15) is 41.4 Å². The van der Waals surface area contributed by atoms with Gasteiger partial charge in [-0.15, -0.1) is 48.5 Å². The second kappa shape index (κ2) is 14.2. The van der Waals surface area contributed by atoms with E-state index in [-0.39, 0.29) is 40.2 Å². The van der Waals surface area contributed by atoms with Crippen LogP contribution in [0.3, 0.4) is 0 Å². The van der Waals surface area contributed by atoms with Gasteiger partial charge in [0, 0.05) is 0 Å². The summed E-state index contributed by atoms with van der Waals surface area (Å²) in [6, 6.07) is 35.0. The van der Waals surface area contributed by atoms with E-state index in [2.05, 4.69) is 0 Å². The van der Waals surface area contributed by atoms with Crippen molar-refractivity contribution < 1.29 is 36.2 Å². The van der Waals surface area contributed by atoms with Crippen LogP contribution in [0, 0.1) is 12.8 Å². The molecule has 0 aromatic heterocycles. The molecule has 4 aromatic carbocycles. The van der Waals surface area contributed by atoms with Crippen molar-refractivity contribution in [3.8, 4) is 0 Å². The van der Waals surface area contributed by atoms with E-state index in [1.165, 1.54) is 0 Å². The van der Waals surface area contributed by atoms with Gasteiger partial charge >= 0.3 is 17.1 Å². The molecular weight excluding hydrogens is 488 g/mol. The largest absolute Gasteiger partial charge is 2.00 e. The van der Waals surface area contributed by atoms with Crippen molar-refractivity contribution >= 4 is 23.1 Å². The summed E-state index contributed by atoms with van der Waals surface area (Å²) in [6.07, 6.45) is 2.26. The number of hydrogen-bond acceptors (Lipinski definition) is 4. The quantitative estimate of drug-likeness (QED) is 0.128. The van der Waals surface area contributed by atoms with Gasteiger partial charge in [-0.3, -0.25) is 0 Å². The molecule has 4 rings (SSSR count). The average molecular weight is 510 g/mol. The minimum Gasteiger partial charge on any atom is -0.318 e. The summed E-state index contributed by atoms with van der Waals surface area (Å²) >= 11 is 0. The van der Waals surface area contributed by atoms with Crippen molar-refractivity contribution in [2.75, 3.05) is 0 Å². The van der Waals surface area contributed by atoms with E-state index in [0.717, 1.165) is 12.8 Å². The molecule has 0 saturated heterocycles. The first-order valence-electron chi connectivity index (χ1n) is 10.6. The SMILES string of the molecule is O=C([CH-]C(=O)c1ccccc1)c1ccccc1.O=C([CH-]C(=O)c1ccccc1)c1ccccc1.[Cu+2]. The van der Waals surface area contributed by atoms with Gasteiger partial charge in [0.1, 0.15) is 0 Å². The van der Waals surface area contributed by atoms with Crippen molar-refractivity contribution in [3.05, 3.63) is 156 Å². The molecule has 1 radical (unpaired) electrons. The third kappa shape index (κ3) is 8.59. The first-order chi connectivity index (χ1) is 16.5. The van der Waals surface area contributed by atoms with Gasteiger partial charge in [0.05, 0.1) is 23.1 Å². The summed E-state index contributed by atoms with van der Waals surface area (Å²) in [5.74, 6) is -1.06. The minimum absolute atomic E-state index is 0. The van der Waals surface area contributed by atoms with Crippen LogP contribution >= 0.6 is 0 Å². The van der Waals surface area contributed by atoms with E-state index in [1.54, 1.807) is 97.1 Å². The van der Waals surface area contributed by atoms with Crippen molar-refractivity contribution in [2.24, 2.45) is 0 Å². The molecular formula is C30H22CuO4. The molecule has 0 aliphatic carbocycles. The van der Waals surface area contributed by atoms with Gasteiger partial charge in [0.15, 0.2) is 0 Å². The van der Waals surface area contributed by atoms with Crippen LogP contribution in [0.15, 0.2) is 121 Å². The summed E-state index contributed by atoms with van der Waals surface area (Å²) in [6.45, 7) is 0. The number of carbonyl (C=O) groups is 4. The molecule has 0 spiro atoms. The topological polar surface area (TPSA) is 68.3 Å². The van der Waals surface area contributed by atoms with E-state index in [0.29, 0.717) is 22.3 Å². The zero-order chi connectivity index (χ0) is 24.2. The fourth-order valence-electron chi connectivity index (χ4n) is 2.98. The van der Waals surface area contributed by atoms with Crippen LogP contribution in [-0.2, 0) is 17.1 Å². The molecule has 177 valence electrons. The van der Waals surface area contributed by atoms with Gasteiger partial charge < -0.3 is 19.2 Å². The molecule has 0 N–H and O–H groups in total. The van der Waals surface area contributed by atoms with Gasteiger partial charge in [-0.2, -0.15) is 0 Å². The summed E-state index contributed by atoms with van der Waals surface area (Å²) in [7, 11) is 0. The van der Waals surface area contributed by atoms with Crippen LogP contribution < -0.4 is 0 Å². The molecule has 0 heterocycles. The molecule has 5 heteroatoms. The normalized spacial score (nSPS) is 9.37. The van der Waals surface area contributed by atoms with Gasteiger partial charge in [0.25, 0.3) is 0 Å². The summed E-state index contributed by atoms with van der Waals surface area (Å²) in [5, 5.41) is 0. The minimum atomic E-state index is -0.264. The van der Waals surface area contributed by atoms with Gasteiger partial charge in [-0.1, -0.05) is 108 Å². The zero-order valence-electron chi connectivity index (χ0n) is 18.6. The molecule has 0 fully saturated rings. The molecule has 0 bridgehead atoms. The summed E-state index contributed by atoms with van der Waals surface area (Å²) in [4.78, 5) is 47.0. The molecule has 0 unspecified atom stereocenters. The van der Waals surface area contributed by atoms with E-state index in [1.807, 2.05) is 24.3 Å². The van der Waals surface area contributed by atoms with Crippen LogP contribution in [-0.4, -0.2) is 23.1 Å². The Bertz CT molecular complexity index is 1040. The maximum absolute atomic E-state index is 11.8. The number of ketones is 4. The van der Waals surface area contributed by atoms with Crippen LogP contribution in [0.25, 0.3) is 0 Å². The predicted octanol–water partition coefficient (Wildman–Crippen LogP) is 5.91. The molecule has 0 aliphatic rings. The van der Waals surface area contributed by atoms with E-state index >= 15 is 0 Å². The van der Waals surface area contributed by atoms with Gasteiger partial charge in [0.2, 0.25) is 0 Å². The van der Waals surface area contributed by atoms with Crippen molar-refractivity contribution in [1.82, 2.24) is 0 Å². The zero-order valence-corrected chi connectivity index (χ0v) is 19.6. The third-order valence-corrected chi connectivity index (χ3v) is 4.76. The number of benzene rings is 4. The maximum Gasteiger partial charge on any atom is 2.00 e. The summed E-state index contributed by atoms with van der Waals surface area (Å²) in [5.41, 5.74) is 2.10. The molecule has 0 amide bonds. The number of Topliss-reactive ketones (excluding diaryl/α,β-unsaturated/α-hetero) is 4. The van der Waals surface area contributed by atoms with Gasteiger partial charge in [-0.25, -0.2) is 0 Å². The van der Waals surface area contributed by atoms with E-state index in [4.69, 9.17) is 0 Å². The molecule has 4 aromatic rings. The van der Waals surface area contributed by atoms with Crippen molar-refractivity contribution in [2.45, 2.75) is 0 Å². The van der Waals surface area contributed by atoms with E-state index in [9.17, 15) is 19.2 Å². The van der Waals surface area contributed by atoms with Crippen LogP contribution in [0.5, 0.6) is 0 Å². The standard InChI is InChI=1S/2C15H11O2.Cu/c2*16-14(12-7-3-1-4-8-12)11-15(17)13-9-5-2-6-10-13;/h2*1-11H;/q2*-1;+2. The van der Waals surface area contributed by atoms with Gasteiger partial charge in [-0.05, 0) is 0 Å². The Morgan fingerprint density at radius 1 is 0.343 bits per heavy atom. The molecule has 4 nitrogen and oxygen atoms in total. The first kappa shape index (κ1) is 27.1. The second-order valence-corrected chi connectivity index (χ2v) is 7.21. The maximum atomic E-state index is 11.8. The number of rotatable bonds is 8. The first-order valence-corrected chi connectivity index (χ1v) is 10.6. The fourth-order valence-corrected chi connectivity index (χ4v) is 2.98. The Balaban J connectivity index is 0.000000240. The average Bonchev–Trinajstić information content (AvgIpc) is 2.91. The Morgan fingerprint density at radius 3 is 0.686 bits per heavy atom. The molecule has 35 heavy (non-hydrogen) atoms. The van der Waals surface area contributed by atoms with E-state index < -0.39 is 0 Å². The number of carbonyl (C=O) groups excluding carboxylic acids is 4. The Kier molecular flexibility index (Phi) is 11.0. The Hall–Kier alpha value is -4.18. The fraction of sp³-hybridized carbons (Fsp3) is 0. The molecule has 0 atom stereocenters. The Labute approximate surface area is 215 Å². The smallest absolute Gasteiger partial charge is 0.318 e. The third-order valence-electron chi connectivity index (χ3n) is 4.76. The monoisotopic (exact) mass is 509 g/mol. The van der Waals surface area contributed by atoms with Crippen LogP contribution in [0.2, 0.25) is 0 Å². The van der Waals surface area contributed by atoms with Crippen molar-refractivity contribution in [1.29, 1.82) is 0 Å². The summed E-state index contributed by atoms with van der Waals surface area (Å²) < 4.78 is 0. The second-order valence-electron chi connectivity index (χ2n) is 7.21. The predicted molar refractivity (Wildman–Crippen MR) is 132 cm³/mol. The van der Waals surface area contributed by atoms with Crippen molar-refractivity contribution in [3.63, 3.8) is 0 Å².